The Morgan fingerprint density at radius 3 is 2.61 bits per heavy atom. The minimum atomic E-state index is -3.47. The second-order valence-electron chi connectivity index (χ2n) is 10.00. The third-order valence-corrected chi connectivity index (χ3v) is 8.50. The molecule has 0 spiro atoms. The van der Waals surface area contributed by atoms with Gasteiger partial charge in [-0.25, -0.2) is 13.4 Å². The Morgan fingerprint density at radius 1 is 1.11 bits per heavy atom. The molecule has 0 radical (unpaired) electrons. The first-order valence-corrected chi connectivity index (χ1v) is 14.9. The number of nitrogens with zero attached hydrogens (tertiary/aromatic N) is 4. The Balaban J connectivity index is 1.42. The van der Waals surface area contributed by atoms with Gasteiger partial charge in [0.25, 0.3) is 5.91 Å². The highest BCUT2D eigenvalue weighted by molar-refractivity contribution is 7.90. The maximum absolute atomic E-state index is 12.9. The Kier molecular flexibility index (Phi) is 8.87. The molecule has 0 bridgehead atoms. The van der Waals surface area contributed by atoms with E-state index in [0.29, 0.717) is 28.0 Å². The number of aromatic nitrogens is 1. The number of likely N-dealkylation sites (N-methyl/N-ethyl adjacent to an activating group) is 1. The third-order valence-electron chi connectivity index (χ3n) is 7.18. The van der Waals surface area contributed by atoms with Crippen molar-refractivity contribution in [3.05, 3.63) is 47.1 Å². The van der Waals surface area contributed by atoms with Crippen LogP contribution in [0.2, 0.25) is 5.02 Å². The summed E-state index contributed by atoms with van der Waals surface area (Å²) in [5.74, 6) is 0.901. The Hall–Kier alpha value is -2.20. The fraction of sp³-hybridized carbons (Fsp3) is 0.538. The van der Waals surface area contributed by atoms with Crippen LogP contribution in [0.4, 0.5) is 11.5 Å². The molecule has 36 heavy (non-hydrogen) atoms. The number of piperidine rings is 1. The first-order chi connectivity index (χ1) is 17.2. The average Bonchev–Trinajstić information content (AvgIpc) is 3.06. The van der Waals surface area contributed by atoms with Gasteiger partial charge in [-0.2, -0.15) is 0 Å². The molecule has 0 aliphatic carbocycles. The number of hydrogen-bond donors (Lipinski definition) is 1. The number of anilines is 2. The van der Waals surface area contributed by atoms with Crippen molar-refractivity contribution >= 4 is 38.9 Å². The maximum atomic E-state index is 12.9. The molecule has 2 aliphatic heterocycles. The second kappa shape index (κ2) is 11.9. The zero-order valence-corrected chi connectivity index (χ0v) is 22.7. The highest BCUT2D eigenvalue weighted by Gasteiger charge is 2.25. The number of rotatable bonds is 7. The highest BCUT2D eigenvalue weighted by atomic mass is 35.5. The van der Waals surface area contributed by atoms with Gasteiger partial charge in [0.15, 0.2) is 15.7 Å². The Bertz CT molecular complexity index is 1170. The summed E-state index contributed by atoms with van der Waals surface area (Å²) in [4.78, 5) is 24.6. The van der Waals surface area contributed by atoms with Gasteiger partial charge >= 0.3 is 0 Å². The number of halogens is 1. The van der Waals surface area contributed by atoms with Gasteiger partial charge in [-0.15, -0.1) is 0 Å². The largest absolute Gasteiger partial charge is 0.355 e. The Labute approximate surface area is 219 Å². The molecule has 2 fully saturated rings. The van der Waals surface area contributed by atoms with E-state index in [1.165, 1.54) is 38.2 Å². The van der Waals surface area contributed by atoms with Crippen molar-refractivity contribution in [2.24, 2.45) is 5.92 Å². The van der Waals surface area contributed by atoms with E-state index in [9.17, 15) is 13.2 Å². The maximum Gasteiger partial charge on any atom is 0.255 e. The van der Waals surface area contributed by atoms with Crippen molar-refractivity contribution in [1.82, 2.24) is 14.8 Å². The molecule has 196 valence electrons. The van der Waals surface area contributed by atoms with Gasteiger partial charge in [0.1, 0.15) is 0 Å². The van der Waals surface area contributed by atoms with Gasteiger partial charge in [0.05, 0.1) is 10.6 Å². The van der Waals surface area contributed by atoms with E-state index in [1.807, 2.05) is 0 Å². The van der Waals surface area contributed by atoms with Crippen molar-refractivity contribution < 1.29 is 13.2 Å². The lowest BCUT2D eigenvalue weighted by atomic mass is 9.93. The molecular weight excluding hydrogens is 498 g/mol. The standard InChI is InChI=1S/C26H36ClN5O3S/c1-30-10-4-11-31(16-15-30)12-7-20-8-13-32(14-9-20)25-24(18-23(19-28-25)36(2,34)35)29-26(33)21-5-3-6-22(27)17-21/h3,5-6,17-20H,4,7-16H2,1-2H3,(H,29,33). The summed E-state index contributed by atoms with van der Waals surface area (Å²) in [5, 5.41) is 3.33. The predicted molar refractivity (Wildman–Crippen MR) is 145 cm³/mol. The second-order valence-corrected chi connectivity index (χ2v) is 12.4. The number of nitrogens with one attached hydrogen (secondary N) is 1. The summed E-state index contributed by atoms with van der Waals surface area (Å²) in [5.41, 5.74) is 0.798. The smallest absolute Gasteiger partial charge is 0.255 e. The topological polar surface area (TPSA) is 85.8 Å². The molecule has 10 heteroatoms. The average molecular weight is 534 g/mol. The fourth-order valence-electron chi connectivity index (χ4n) is 4.93. The molecule has 8 nitrogen and oxygen atoms in total. The van der Waals surface area contributed by atoms with E-state index in [4.69, 9.17) is 11.6 Å². The zero-order valence-electron chi connectivity index (χ0n) is 21.1. The van der Waals surface area contributed by atoms with E-state index in [1.54, 1.807) is 24.3 Å². The van der Waals surface area contributed by atoms with Crippen molar-refractivity contribution in [3.8, 4) is 0 Å². The molecule has 2 saturated heterocycles. The van der Waals surface area contributed by atoms with Gasteiger partial charge in [-0.3, -0.25) is 4.79 Å². The third kappa shape index (κ3) is 7.18. The molecule has 0 unspecified atom stereocenters. The van der Waals surface area contributed by atoms with Crippen LogP contribution in [0, 0.1) is 5.92 Å². The number of hydrogen-bond acceptors (Lipinski definition) is 7. The van der Waals surface area contributed by atoms with E-state index in [0.717, 1.165) is 51.8 Å². The van der Waals surface area contributed by atoms with Gasteiger partial charge in [-0.05, 0) is 82.5 Å². The van der Waals surface area contributed by atoms with Crippen LogP contribution in [0.5, 0.6) is 0 Å². The quantitative estimate of drug-likeness (QED) is 0.581. The minimum absolute atomic E-state index is 0.0747. The first kappa shape index (κ1) is 26.9. The zero-order chi connectivity index (χ0) is 25.7. The lowest BCUT2D eigenvalue weighted by molar-refractivity contribution is 0.102. The van der Waals surface area contributed by atoms with Gasteiger partial charge in [0.2, 0.25) is 0 Å². The van der Waals surface area contributed by atoms with Gasteiger partial charge < -0.3 is 20.0 Å². The molecule has 1 amide bonds. The molecule has 0 atom stereocenters. The van der Waals surface area contributed by atoms with E-state index in [2.05, 4.69) is 32.0 Å². The van der Waals surface area contributed by atoms with Crippen LogP contribution in [-0.2, 0) is 9.84 Å². The number of amides is 1. The molecule has 2 aliphatic rings. The SMILES string of the molecule is CN1CCCN(CCC2CCN(c3ncc(S(C)(=O)=O)cc3NC(=O)c3cccc(Cl)c3)CC2)CC1. The summed E-state index contributed by atoms with van der Waals surface area (Å²) < 4.78 is 24.3. The fourth-order valence-corrected chi connectivity index (χ4v) is 5.70. The summed E-state index contributed by atoms with van der Waals surface area (Å²) in [6.45, 7) is 7.41. The molecular formula is C26H36ClN5O3S. The molecule has 4 rings (SSSR count). The predicted octanol–water partition coefficient (Wildman–Crippen LogP) is 3.63. The lowest BCUT2D eigenvalue weighted by Gasteiger charge is -2.34. The highest BCUT2D eigenvalue weighted by Crippen LogP contribution is 2.31. The minimum Gasteiger partial charge on any atom is -0.355 e. The van der Waals surface area contributed by atoms with Crippen molar-refractivity contribution in [1.29, 1.82) is 0 Å². The molecule has 0 saturated carbocycles. The number of carbonyl (C=O) groups is 1. The van der Waals surface area contributed by atoms with E-state index >= 15 is 0 Å². The van der Waals surface area contributed by atoms with Crippen LogP contribution in [0.15, 0.2) is 41.4 Å². The summed E-state index contributed by atoms with van der Waals surface area (Å²) in [6.07, 6.45) is 7.03. The van der Waals surface area contributed by atoms with Crippen molar-refractivity contribution in [2.75, 3.05) is 69.3 Å². The molecule has 2 aromatic rings. The Morgan fingerprint density at radius 2 is 1.89 bits per heavy atom. The molecule has 3 heterocycles. The van der Waals surface area contributed by atoms with E-state index in [-0.39, 0.29) is 10.8 Å². The number of carbonyl (C=O) groups excluding carboxylic acids is 1. The molecule has 1 aromatic heterocycles. The molecule has 1 N–H and O–H groups in total. The summed E-state index contributed by atoms with van der Waals surface area (Å²) in [6, 6.07) is 8.16. The van der Waals surface area contributed by atoms with E-state index < -0.39 is 9.84 Å². The van der Waals surface area contributed by atoms with Crippen LogP contribution in [-0.4, -0.2) is 88.2 Å². The monoisotopic (exact) mass is 533 g/mol. The van der Waals surface area contributed by atoms with Crippen molar-refractivity contribution in [3.63, 3.8) is 0 Å². The van der Waals surface area contributed by atoms with Crippen LogP contribution < -0.4 is 10.2 Å². The van der Waals surface area contributed by atoms with Crippen LogP contribution in [0.3, 0.4) is 0 Å². The number of sulfone groups is 1. The van der Waals surface area contributed by atoms with Gasteiger partial charge in [0, 0.05) is 49.2 Å². The first-order valence-electron chi connectivity index (χ1n) is 12.6. The number of benzene rings is 1. The van der Waals surface area contributed by atoms with Crippen LogP contribution in [0.25, 0.3) is 0 Å². The number of pyridine rings is 1. The van der Waals surface area contributed by atoms with Crippen LogP contribution >= 0.6 is 11.6 Å². The summed E-state index contributed by atoms with van der Waals surface area (Å²) >= 11 is 6.05. The van der Waals surface area contributed by atoms with Crippen LogP contribution in [0.1, 0.15) is 36.0 Å². The van der Waals surface area contributed by atoms with Crippen molar-refractivity contribution in [2.45, 2.75) is 30.6 Å². The summed E-state index contributed by atoms with van der Waals surface area (Å²) in [7, 11) is -1.28. The normalized spacial score (nSPS) is 18.7. The molecule has 1 aromatic carbocycles. The lowest BCUT2D eigenvalue weighted by Crippen LogP contribution is -2.37. The van der Waals surface area contributed by atoms with Gasteiger partial charge in [-0.1, -0.05) is 17.7 Å².